The molecule has 0 radical (unpaired) electrons. The Hall–Kier alpha value is -2.38. The topological polar surface area (TPSA) is 158 Å². The van der Waals surface area contributed by atoms with E-state index in [9.17, 15) is 28.8 Å². The van der Waals surface area contributed by atoms with Crippen LogP contribution < -0.4 is 4.72 Å². The zero-order valence-corrected chi connectivity index (χ0v) is 18.6. The van der Waals surface area contributed by atoms with Gasteiger partial charge in [-0.25, -0.2) is 8.42 Å². The van der Waals surface area contributed by atoms with Gasteiger partial charge in [0.25, 0.3) is 10.0 Å². The normalized spacial score (nSPS) is 26.2. The Labute approximate surface area is 192 Å². The number of amidine groups is 1. The molecule has 1 heterocycles. The first-order chi connectivity index (χ1) is 15.8. The minimum atomic E-state index is -3.88. The molecule has 5 atom stereocenters. The lowest BCUT2D eigenvalue weighted by atomic mass is 9.99. The molecule has 2 aromatic carbocycles. The van der Waals surface area contributed by atoms with Crippen molar-refractivity contribution in [2.45, 2.75) is 48.6 Å². The summed E-state index contributed by atoms with van der Waals surface area (Å²) in [7, 11) is -3.88. The Balaban J connectivity index is 1.69. The number of sulfonamides is 1. The van der Waals surface area contributed by atoms with Crippen LogP contribution in [0.25, 0.3) is 0 Å². The summed E-state index contributed by atoms with van der Waals surface area (Å²) in [6.45, 7) is -0.466. The zero-order chi connectivity index (χ0) is 23.8. The highest BCUT2D eigenvalue weighted by atomic mass is 32.2. The van der Waals surface area contributed by atoms with Gasteiger partial charge in [0.15, 0.2) is 6.29 Å². The molecule has 0 amide bonds. The number of nitrogens with zero attached hydrogens (tertiary/aromatic N) is 1. The van der Waals surface area contributed by atoms with Gasteiger partial charge < -0.3 is 29.9 Å². The lowest BCUT2D eigenvalue weighted by Gasteiger charge is -2.39. The molecule has 0 spiro atoms. The fourth-order valence-corrected chi connectivity index (χ4v) is 4.33. The number of benzene rings is 2. The average molecular weight is 481 g/mol. The Morgan fingerprint density at radius 2 is 1.61 bits per heavy atom. The summed E-state index contributed by atoms with van der Waals surface area (Å²) in [5.74, 6) is 0.132. The van der Waals surface area contributed by atoms with Gasteiger partial charge in [-0.15, -0.1) is 0 Å². The van der Waals surface area contributed by atoms with Crippen LogP contribution in [0.5, 0.6) is 0 Å². The average Bonchev–Trinajstić information content (AvgIpc) is 2.83. The lowest BCUT2D eigenvalue weighted by molar-refractivity contribution is -0.300. The number of aliphatic imine (C=N–C) groups is 1. The van der Waals surface area contributed by atoms with Crippen molar-refractivity contribution >= 4 is 15.9 Å². The first-order valence-electron chi connectivity index (χ1n) is 10.4. The number of ether oxygens (including phenoxy) is 2. The SMILES string of the molecule is O=S(=O)(NC(CCO[C@@H]1O[C@H](CO)[C@H](O)[C@H](O)[C@H]1O)=NCc1ccccc1)c1ccccc1. The van der Waals surface area contributed by atoms with Gasteiger partial charge in [-0.05, 0) is 17.7 Å². The first kappa shape index (κ1) is 25.2. The van der Waals surface area contributed by atoms with Crippen LogP contribution in [0.4, 0.5) is 0 Å². The third-order valence-corrected chi connectivity index (χ3v) is 6.47. The molecule has 3 rings (SSSR count). The highest BCUT2D eigenvalue weighted by Crippen LogP contribution is 2.22. The Morgan fingerprint density at radius 3 is 2.24 bits per heavy atom. The Morgan fingerprint density at radius 1 is 0.970 bits per heavy atom. The van der Waals surface area contributed by atoms with Gasteiger partial charge in [0.05, 0.1) is 24.7 Å². The molecule has 1 saturated heterocycles. The van der Waals surface area contributed by atoms with Crippen molar-refractivity contribution in [1.29, 1.82) is 0 Å². The van der Waals surface area contributed by atoms with E-state index in [2.05, 4.69) is 9.71 Å². The van der Waals surface area contributed by atoms with E-state index in [1.165, 1.54) is 12.1 Å². The number of rotatable bonds is 9. The molecule has 0 saturated carbocycles. The van der Waals surface area contributed by atoms with E-state index in [1.807, 2.05) is 30.3 Å². The van der Waals surface area contributed by atoms with Crippen LogP contribution in [0, 0.1) is 0 Å². The van der Waals surface area contributed by atoms with Crippen LogP contribution in [0.15, 0.2) is 70.6 Å². The van der Waals surface area contributed by atoms with Crippen LogP contribution in [-0.4, -0.2) is 78.6 Å². The molecule has 0 unspecified atom stereocenters. The fourth-order valence-electron chi connectivity index (χ4n) is 3.22. The molecule has 0 bridgehead atoms. The highest BCUT2D eigenvalue weighted by molar-refractivity contribution is 7.90. The maximum Gasteiger partial charge on any atom is 0.262 e. The van der Waals surface area contributed by atoms with Crippen LogP contribution in [0.3, 0.4) is 0 Å². The van der Waals surface area contributed by atoms with Gasteiger partial charge >= 0.3 is 0 Å². The van der Waals surface area contributed by atoms with E-state index in [0.717, 1.165) is 5.56 Å². The third kappa shape index (κ3) is 6.81. The van der Waals surface area contributed by atoms with E-state index < -0.39 is 47.3 Å². The molecule has 0 aromatic heterocycles. The van der Waals surface area contributed by atoms with Crippen molar-refractivity contribution in [2.24, 2.45) is 4.99 Å². The van der Waals surface area contributed by atoms with Crippen molar-refractivity contribution in [3.63, 3.8) is 0 Å². The van der Waals surface area contributed by atoms with Gasteiger partial charge in [-0.1, -0.05) is 48.5 Å². The summed E-state index contributed by atoms with van der Waals surface area (Å²) >= 11 is 0. The van der Waals surface area contributed by atoms with Gasteiger partial charge in [-0.2, -0.15) is 0 Å². The minimum Gasteiger partial charge on any atom is -0.394 e. The van der Waals surface area contributed by atoms with Gasteiger partial charge in [0.2, 0.25) is 0 Å². The number of aliphatic hydroxyl groups excluding tert-OH is 4. The number of aliphatic hydroxyl groups is 4. The molecule has 180 valence electrons. The standard InChI is InChI=1S/C22H28N2O8S/c25-14-17-19(26)20(27)21(28)22(32-17)31-12-11-18(23-13-15-7-3-1-4-8-15)24-33(29,30)16-9-5-2-6-10-16/h1-10,17,19-22,25-28H,11-14H2,(H,23,24)/t17-,19+,20+,21-,22-/m1/s1. The molecule has 1 aliphatic heterocycles. The molecule has 33 heavy (non-hydrogen) atoms. The number of hydrogen-bond acceptors (Lipinski definition) is 9. The summed E-state index contributed by atoms with van der Waals surface area (Å²) in [5, 5.41) is 39.1. The summed E-state index contributed by atoms with van der Waals surface area (Å²) in [6, 6.07) is 17.1. The summed E-state index contributed by atoms with van der Waals surface area (Å²) in [6.07, 6.45) is -7.01. The molecular formula is C22H28N2O8S. The molecule has 11 heteroatoms. The predicted octanol–water partition coefficient (Wildman–Crippen LogP) is -0.230. The molecule has 1 aliphatic rings. The van der Waals surface area contributed by atoms with Crippen molar-refractivity contribution in [3.8, 4) is 0 Å². The van der Waals surface area contributed by atoms with Gasteiger partial charge in [0, 0.05) is 6.42 Å². The molecule has 1 fully saturated rings. The quantitative estimate of drug-likeness (QED) is 0.243. The molecule has 2 aromatic rings. The predicted molar refractivity (Wildman–Crippen MR) is 119 cm³/mol. The zero-order valence-electron chi connectivity index (χ0n) is 17.8. The second-order valence-electron chi connectivity index (χ2n) is 7.49. The highest BCUT2D eigenvalue weighted by Gasteiger charge is 2.43. The molecular weight excluding hydrogens is 452 g/mol. The van der Waals surface area contributed by atoms with Gasteiger partial charge in [0.1, 0.15) is 30.3 Å². The monoisotopic (exact) mass is 480 g/mol. The van der Waals surface area contributed by atoms with E-state index >= 15 is 0 Å². The maximum atomic E-state index is 12.7. The minimum absolute atomic E-state index is 0.0217. The van der Waals surface area contributed by atoms with E-state index in [0.29, 0.717) is 0 Å². The second-order valence-corrected chi connectivity index (χ2v) is 9.17. The van der Waals surface area contributed by atoms with Gasteiger partial charge in [-0.3, -0.25) is 9.71 Å². The molecule has 5 N–H and O–H groups in total. The van der Waals surface area contributed by atoms with Crippen molar-refractivity contribution < 1.29 is 38.3 Å². The largest absolute Gasteiger partial charge is 0.394 e. The van der Waals surface area contributed by atoms with E-state index in [4.69, 9.17) is 9.47 Å². The number of nitrogens with one attached hydrogen (secondary N) is 1. The Bertz CT molecular complexity index is 1000. The Kier molecular flexibility index (Phi) is 8.92. The maximum absolute atomic E-state index is 12.7. The summed E-state index contributed by atoms with van der Waals surface area (Å²) in [4.78, 5) is 4.45. The fraction of sp³-hybridized carbons (Fsp3) is 0.409. The smallest absolute Gasteiger partial charge is 0.262 e. The second kappa shape index (κ2) is 11.7. The first-order valence-corrected chi connectivity index (χ1v) is 11.9. The van der Waals surface area contributed by atoms with Crippen LogP contribution in [-0.2, 0) is 26.0 Å². The summed E-state index contributed by atoms with van der Waals surface area (Å²) in [5.41, 5.74) is 0.878. The van der Waals surface area contributed by atoms with Crippen LogP contribution in [0.2, 0.25) is 0 Å². The third-order valence-electron chi connectivity index (χ3n) is 5.07. The molecule has 10 nitrogen and oxygen atoms in total. The number of hydrogen-bond donors (Lipinski definition) is 5. The van der Waals surface area contributed by atoms with Crippen molar-refractivity contribution in [2.75, 3.05) is 13.2 Å². The summed E-state index contributed by atoms with van der Waals surface area (Å²) < 4.78 is 38.7. The van der Waals surface area contributed by atoms with Crippen molar-refractivity contribution in [1.82, 2.24) is 4.72 Å². The van der Waals surface area contributed by atoms with E-state index in [1.54, 1.807) is 18.2 Å². The molecule has 0 aliphatic carbocycles. The van der Waals surface area contributed by atoms with E-state index in [-0.39, 0.29) is 30.3 Å². The van der Waals surface area contributed by atoms with Crippen LogP contribution >= 0.6 is 0 Å². The van der Waals surface area contributed by atoms with Crippen molar-refractivity contribution in [3.05, 3.63) is 66.2 Å². The lowest BCUT2D eigenvalue weighted by Crippen LogP contribution is -2.59. The van der Waals surface area contributed by atoms with Crippen LogP contribution in [0.1, 0.15) is 12.0 Å².